The van der Waals surface area contributed by atoms with Gasteiger partial charge in [0.05, 0.1) is 0 Å². The summed E-state index contributed by atoms with van der Waals surface area (Å²) in [5, 5.41) is 3.62. The van der Waals surface area contributed by atoms with Crippen molar-refractivity contribution in [3.63, 3.8) is 0 Å². The van der Waals surface area contributed by atoms with Crippen molar-refractivity contribution >= 4 is 0 Å². The highest BCUT2D eigenvalue weighted by atomic mass is 19.1. The topological polar surface area (TPSA) is 12.0 Å². The van der Waals surface area contributed by atoms with Crippen LogP contribution in [-0.4, -0.2) is 6.54 Å². The monoisotopic (exact) mass is 283 g/mol. The molecule has 2 aromatic carbocycles. The smallest absolute Gasteiger partial charge is 0.126 e. The quantitative estimate of drug-likeness (QED) is 0.851. The molecule has 1 unspecified atom stereocenters. The fraction of sp³-hybridized carbons (Fsp3) is 0.368. The molecule has 110 valence electrons. The second-order valence-corrected chi connectivity index (χ2v) is 6.02. The summed E-state index contributed by atoms with van der Waals surface area (Å²) in [7, 11) is 0. The van der Waals surface area contributed by atoms with Gasteiger partial charge in [0.2, 0.25) is 0 Å². The largest absolute Gasteiger partial charge is 0.309 e. The van der Waals surface area contributed by atoms with Gasteiger partial charge in [0.15, 0.2) is 0 Å². The van der Waals surface area contributed by atoms with E-state index in [9.17, 15) is 4.39 Å². The molecule has 0 aromatic heterocycles. The number of aryl methyl sites for hydroxylation is 1. The van der Waals surface area contributed by atoms with E-state index in [0.717, 1.165) is 12.1 Å². The Labute approximate surface area is 126 Å². The Kier molecular flexibility index (Phi) is 3.81. The van der Waals surface area contributed by atoms with Gasteiger partial charge in [-0.1, -0.05) is 49.4 Å². The minimum absolute atomic E-state index is 0.126. The fourth-order valence-corrected chi connectivity index (χ4v) is 3.33. The maximum atomic E-state index is 13.6. The third-order valence-electron chi connectivity index (χ3n) is 4.61. The summed E-state index contributed by atoms with van der Waals surface area (Å²) >= 11 is 0. The van der Waals surface area contributed by atoms with Gasteiger partial charge in [-0.2, -0.15) is 0 Å². The number of halogens is 1. The Hall–Kier alpha value is -1.67. The third kappa shape index (κ3) is 2.60. The maximum absolute atomic E-state index is 13.6. The number of hydrogen-bond acceptors (Lipinski definition) is 1. The van der Waals surface area contributed by atoms with E-state index in [1.165, 1.54) is 24.0 Å². The molecule has 0 amide bonds. The van der Waals surface area contributed by atoms with Gasteiger partial charge in [-0.25, -0.2) is 4.39 Å². The van der Waals surface area contributed by atoms with Gasteiger partial charge in [-0.3, -0.25) is 0 Å². The second-order valence-electron chi connectivity index (χ2n) is 6.02. The molecule has 0 spiro atoms. The summed E-state index contributed by atoms with van der Waals surface area (Å²) in [5.74, 6) is -0.126. The van der Waals surface area contributed by atoms with E-state index < -0.39 is 0 Å². The fourth-order valence-electron chi connectivity index (χ4n) is 3.33. The summed E-state index contributed by atoms with van der Waals surface area (Å²) < 4.78 is 13.6. The Morgan fingerprint density at radius 3 is 2.43 bits per heavy atom. The highest BCUT2D eigenvalue weighted by Crippen LogP contribution is 2.56. The molecular formula is C19H22FN. The van der Waals surface area contributed by atoms with Crippen LogP contribution in [0.2, 0.25) is 0 Å². The first-order chi connectivity index (χ1) is 10.2. The molecule has 1 atom stereocenters. The van der Waals surface area contributed by atoms with E-state index in [0.29, 0.717) is 0 Å². The molecule has 1 nitrogen and oxygen atoms in total. The first kappa shape index (κ1) is 14.3. The summed E-state index contributed by atoms with van der Waals surface area (Å²) in [6.45, 7) is 4.88. The predicted octanol–water partition coefficient (Wildman–Crippen LogP) is 4.52. The summed E-state index contributed by atoms with van der Waals surface area (Å²) in [4.78, 5) is 0. The molecular weight excluding hydrogens is 261 g/mol. The average Bonchev–Trinajstić information content (AvgIpc) is 3.30. The highest BCUT2D eigenvalue weighted by Gasteiger charge is 2.50. The van der Waals surface area contributed by atoms with E-state index in [2.05, 4.69) is 42.6 Å². The van der Waals surface area contributed by atoms with E-state index in [-0.39, 0.29) is 17.3 Å². The van der Waals surface area contributed by atoms with Crippen molar-refractivity contribution < 1.29 is 4.39 Å². The first-order valence-corrected chi connectivity index (χ1v) is 7.72. The third-order valence-corrected chi connectivity index (χ3v) is 4.61. The Morgan fingerprint density at radius 1 is 1.14 bits per heavy atom. The molecule has 3 rings (SSSR count). The molecule has 1 N–H and O–H groups in total. The van der Waals surface area contributed by atoms with Crippen LogP contribution < -0.4 is 5.32 Å². The number of nitrogens with one attached hydrogen (secondary N) is 1. The lowest BCUT2D eigenvalue weighted by Crippen LogP contribution is -2.32. The van der Waals surface area contributed by atoms with Gasteiger partial charge in [-0.05, 0) is 49.1 Å². The van der Waals surface area contributed by atoms with Gasteiger partial charge in [0.1, 0.15) is 5.82 Å². The van der Waals surface area contributed by atoms with Crippen LogP contribution >= 0.6 is 0 Å². The molecule has 1 aliphatic rings. The number of hydrogen-bond donors (Lipinski definition) is 1. The minimum Gasteiger partial charge on any atom is -0.309 e. The van der Waals surface area contributed by atoms with Gasteiger partial charge >= 0.3 is 0 Å². The van der Waals surface area contributed by atoms with E-state index >= 15 is 0 Å². The second kappa shape index (κ2) is 5.61. The van der Waals surface area contributed by atoms with E-state index in [1.807, 2.05) is 19.1 Å². The van der Waals surface area contributed by atoms with Crippen LogP contribution in [0.1, 0.15) is 42.5 Å². The van der Waals surface area contributed by atoms with E-state index in [4.69, 9.17) is 0 Å². The van der Waals surface area contributed by atoms with Crippen molar-refractivity contribution in [3.8, 4) is 0 Å². The normalized spacial score (nSPS) is 17.5. The zero-order valence-electron chi connectivity index (χ0n) is 12.7. The van der Waals surface area contributed by atoms with Crippen molar-refractivity contribution in [1.29, 1.82) is 0 Å². The molecule has 2 heteroatoms. The van der Waals surface area contributed by atoms with Crippen LogP contribution in [0.5, 0.6) is 0 Å². The van der Waals surface area contributed by atoms with Crippen molar-refractivity contribution in [1.82, 2.24) is 5.32 Å². The molecule has 1 saturated carbocycles. The molecule has 1 aliphatic carbocycles. The highest BCUT2D eigenvalue weighted by molar-refractivity contribution is 5.39. The molecule has 21 heavy (non-hydrogen) atoms. The predicted molar refractivity (Wildman–Crippen MR) is 84.9 cm³/mol. The van der Waals surface area contributed by atoms with Crippen molar-refractivity contribution in [3.05, 3.63) is 71.0 Å². The standard InChI is InChI=1S/C19H22FN/c1-3-21-18(15-9-10-17(20)14(2)13-15)19(11-12-19)16-7-5-4-6-8-16/h4-10,13,18,21H,3,11-12H2,1-2H3. The van der Waals surface area contributed by atoms with Crippen LogP contribution in [0.3, 0.4) is 0 Å². The molecule has 0 heterocycles. The van der Waals surface area contributed by atoms with Crippen LogP contribution in [-0.2, 0) is 5.41 Å². The Bertz CT molecular complexity index is 617. The molecule has 0 radical (unpaired) electrons. The molecule has 0 saturated heterocycles. The maximum Gasteiger partial charge on any atom is 0.126 e. The summed E-state index contributed by atoms with van der Waals surface area (Å²) in [6.07, 6.45) is 2.37. The van der Waals surface area contributed by atoms with Gasteiger partial charge < -0.3 is 5.32 Å². The zero-order valence-corrected chi connectivity index (χ0v) is 12.7. The van der Waals surface area contributed by atoms with Crippen LogP contribution in [0.25, 0.3) is 0 Å². The van der Waals surface area contributed by atoms with Crippen LogP contribution in [0.15, 0.2) is 48.5 Å². The minimum atomic E-state index is -0.126. The Balaban J connectivity index is 2.00. The average molecular weight is 283 g/mol. The van der Waals surface area contributed by atoms with Crippen molar-refractivity contribution in [2.45, 2.75) is 38.1 Å². The number of benzene rings is 2. The van der Waals surface area contributed by atoms with Crippen LogP contribution in [0.4, 0.5) is 4.39 Å². The zero-order chi connectivity index (χ0) is 14.9. The lowest BCUT2D eigenvalue weighted by Gasteiger charge is -2.29. The molecule has 1 fully saturated rings. The molecule has 0 bridgehead atoms. The van der Waals surface area contributed by atoms with Crippen LogP contribution in [0, 0.1) is 12.7 Å². The lowest BCUT2D eigenvalue weighted by molar-refractivity contribution is 0.438. The van der Waals surface area contributed by atoms with Gasteiger partial charge in [0, 0.05) is 11.5 Å². The summed E-state index contributed by atoms with van der Waals surface area (Å²) in [6, 6.07) is 16.5. The van der Waals surface area contributed by atoms with Gasteiger partial charge in [-0.15, -0.1) is 0 Å². The number of likely N-dealkylation sites (N-methyl/N-ethyl adjacent to an activating group) is 1. The van der Waals surface area contributed by atoms with Crippen molar-refractivity contribution in [2.75, 3.05) is 6.54 Å². The lowest BCUT2D eigenvalue weighted by atomic mass is 9.83. The first-order valence-electron chi connectivity index (χ1n) is 7.72. The van der Waals surface area contributed by atoms with E-state index in [1.54, 1.807) is 6.07 Å². The SMILES string of the molecule is CCNC(c1ccc(F)c(C)c1)C1(c2ccccc2)CC1. The van der Waals surface area contributed by atoms with Crippen molar-refractivity contribution in [2.24, 2.45) is 0 Å². The molecule has 2 aromatic rings. The number of rotatable bonds is 5. The Morgan fingerprint density at radius 2 is 1.86 bits per heavy atom. The molecule has 0 aliphatic heterocycles. The summed E-state index contributed by atoms with van der Waals surface area (Å²) in [5.41, 5.74) is 3.47. The van der Waals surface area contributed by atoms with Gasteiger partial charge in [0.25, 0.3) is 0 Å².